The fourth-order valence-electron chi connectivity index (χ4n) is 3.74. The Labute approximate surface area is 187 Å². The third kappa shape index (κ3) is 4.40. The van der Waals surface area contributed by atoms with Crippen molar-refractivity contribution < 1.29 is 14.4 Å². The first-order valence-corrected chi connectivity index (χ1v) is 10.5. The predicted octanol–water partition coefficient (Wildman–Crippen LogP) is -1.15. The maximum atomic E-state index is 13.2. The van der Waals surface area contributed by atoms with Crippen molar-refractivity contribution in [2.45, 2.75) is 45.4 Å². The fraction of sp³-hybridized carbons (Fsp3) is 0.333. The van der Waals surface area contributed by atoms with Gasteiger partial charge in [-0.25, -0.2) is 14.3 Å². The van der Waals surface area contributed by atoms with Crippen LogP contribution in [0.25, 0.3) is 11.2 Å². The molecule has 1 unspecified atom stereocenters. The van der Waals surface area contributed by atoms with Crippen LogP contribution >= 0.6 is 0 Å². The lowest BCUT2D eigenvalue weighted by atomic mass is 10.2. The molecule has 3 aromatic rings. The molecule has 3 heterocycles. The van der Waals surface area contributed by atoms with Crippen LogP contribution in [0.15, 0.2) is 46.2 Å². The number of aromatic nitrogens is 4. The highest BCUT2D eigenvalue weighted by Crippen LogP contribution is 2.10. The van der Waals surface area contributed by atoms with Crippen molar-refractivity contribution in [1.29, 1.82) is 0 Å². The number of rotatable bonds is 6. The number of nitrogens with zero attached hydrogens (tertiary/aromatic N) is 4. The molecule has 3 N–H and O–H groups in total. The molecule has 12 nitrogen and oxygen atoms in total. The Morgan fingerprint density at radius 1 is 1.12 bits per heavy atom. The second-order valence-corrected chi connectivity index (χ2v) is 7.64. The summed E-state index contributed by atoms with van der Waals surface area (Å²) in [5.74, 6) is -1.59. The molecular weight excluding hydrogens is 430 g/mol. The smallest absolute Gasteiger partial charge is 0.333 e. The van der Waals surface area contributed by atoms with Crippen molar-refractivity contribution in [1.82, 2.24) is 34.9 Å². The van der Waals surface area contributed by atoms with Crippen molar-refractivity contribution in [2.24, 2.45) is 0 Å². The number of hydrogen-bond donors (Lipinski definition) is 3. The first kappa shape index (κ1) is 22.0. The summed E-state index contributed by atoms with van der Waals surface area (Å²) in [4.78, 5) is 66.3. The predicted molar refractivity (Wildman–Crippen MR) is 117 cm³/mol. The molecule has 4 rings (SSSR count). The molecule has 0 bridgehead atoms. The molecule has 12 heteroatoms. The van der Waals surface area contributed by atoms with Crippen LogP contribution in [0.2, 0.25) is 0 Å². The molecule has 172 valence electrons. The molecule has 1 aromatic carbocycles. The van der Waals surface area contributed by atoms with Crippen LogP contribution in [0.5, 0.6) is 0 Å². The van der Waals surface area contributed by atoms with E-state index in [2.05, 4.69) is 21.2 Å². The van der Waals surface area contributed by atoms with E-state index in [-0.39, 0.29) is 30.0 Å². The Bertz CT molecular complexity index is 1340. The molecule has 1 aliphatic rings. The van der Waals surface area contributed by atoms with Gasteiger partial charge in [-0.1, -0.05) is 30.3 Å². The lowest BCUT2D eigenvalue weighted by molar-refractivity contribution is -0.130. The summed E-state index contributed by atoms with van der Waals surface area (Å²) in [5.41, 5.74) is 4.34. The second kappa shape index (κ2) is 9.10. The molecule has 3 amide bonds. The number of fused-ring (bicyclic) bond motifs is 1. The zero-order chi connectivity index (χ0) is 23.5. The van der Waals surface area contributed by atoms with Crippen LogP contribution in [0.3, 0.4) is 0 Å². The van der Waals surface area contributed by atoms with Crippen molar-refractivity contribution in [2.75, 3.05) is 0 Å². The van der Waals surface area contributed by atoms with Crippen LogP contribution in [-0.2, 0) is 34.0 Å². The molecule has 0 spiro atoms. The maximum absolute atomic E-state index is 13.2. The summed E-state index contributed by atoms with van der Waals surface area (Å²) in [7, 11) is 0. The third-order valence-electron chi connectivity index (χ3n) is 5.45. The molecule has 0 aliphatic carbocycles. The van der Waals surface area contributed by atoms with E-state index in [0.717, 1.165) is 10.1 Å². The number of benzene rings is 1. The van der Waals surface area contributed by atoms with Gasteiger partial charge in [-0.15, -0.1) is 0 Å². The lowest BCUT2D eigenvalue weighted by Gasteiger charge is -2.14. The van der Waals surface area contributed by atoms with E-state index < -0.39 is 35.6 Å². The summed E-state index contributed by atoms with van der Waals surface area (Å²) in [6.07, 6.45) is 2.03. The molecule has 0 radical (unpaired) electrons. The summed E-state index contributed by atoms with van der Waals surface area (Å²) in [6.45, 7) is 1.84. The van der Waals surface area contributed by atoms with Crippen LogP contribution < -0.4 is 27.4 Å². The summed E-state index contributed by atoms with van der Waals surface area (Å²) in [5, 5.41) is 2.49. The molecule has 33 heavy (non-hydrogen) atoms. The van der Waals surface area contributed by atoms with Gasteiger partial charge in [-0.3, -0.25) is 34.6 Å². The highest BCUT2D eigenvalue weighted by molar-refractivity contribution is 5.91. The summed E-state index contributed by atoms with van der Waals surface area (Å²) >= 11 is 0. The van der Waals surface area contributed by atoms with E-state index in [4.69, 9.17) is 0 Å². The lowest BCUT2D eigenvalue weighted by Crippen LogP contribution is -2.52. The highest BCUT2D eigenvalue weighted by Gasteiger charge is 2.27. The van der Waals surface area contributed by atoms with Crippen molar-refractivity contribution in [3.05, 3.63) is 63.1 Å². The van der Waals surface area contributed by atoms with Crippen molar-refractivity contribution >= 4 is 28.9 Å². The number of nitrogens with one attached hydrogen (secondary N) is 3. The largest absolute Gasteiger partial charge is 0.344 e. The Balaban J connectivity index is 1.62. The first-order chi connectivity index (χ1) is 15.9. The first-order valence-electron chi connectivity index (χ1n) is 10.5. The molecule has 1 aliphatic heterocycles. The van der Waals surface area contributed by atoms with E-state index in [1.807, 2.05) is 37.3 Å². The number of aryl methyl sites for hydroxylation is 1. The zero-order valence-electron chi connectivity index (χ0n) is 17.9. The number of carbonyl (C=O) groups excluding carboxylic acids is 3. The van der Waals surface area contributed by atoms with E-state index in [1.165, 1.54) is 10.9 Å². The minimum atomic E-state index is -0.764. The fourth-order valence-corrected chi connectivity index (χ4v) is 3.74. The minimum absolute atomic E-state index is 0.164. The van der Waals surface area contributed by atoms with Gasteiger partial charge in [0.1, 0.15) is 12.6 Å². The number of imidazole rings is 1. The third-order valence-corrected chi connectivity index (χ3v) is 5.45. The van der Waals surface area contributed by atoms with E-state index in [9.17, 15) is 24.0 Å². The molecule has 1 saturated heterocycles. The average Bonchev–Trinajstić information content (AvgIpc) is 3.45. The zero-order valence-corrected chi connectivity index (χ0v) is 17.9. The Morgan fingerprint density at radius 3 is 2.55 bits per heavy atom. The van der Waals surface area contributed by atoms with Gasteiger partial charge in [0.05, 0.1) is 12.9 Å². The normalized spacial score (nSPS) is 15.4. The summed E-state index contributed by atoms with van der Waals surface area (Å²) in [6, 6.07) is 8.47. The molecule has 0 saturated carbocycles. The van der Waals surface area contributed by atoms with Gasteiger partial charge >= 0.3 is 5.69 Å². The molecule has 2 aromatic heterocycles. The molecule has 1 fully saturated rings. The van der Waals surface area contributed by atoms with Crippen molar-refractivity contribution in [3.63, 3.8) is 0 Å². The molecule has 1 atom stereocenters. The van der Waals surface area contributed by atoms with Gasteiger partial charge < -0.3 is 9.88 Å². The SMILES string of the molecule is CCn1cnc2c1c(=O)n(CC(=O)NNC(=O)C1CCC(=O)N1)c(=O)n2Cc1ccccc1. The van der Waals surface area contributed by atoms with Gasteiger partial charge in [0, 0.05) is 13.0 Å². The monoisotopic (exact) mass is 453 g/mol. The van der Waals surface area contributed by atoms with E-state index in [1.54, 1.807) is 4.57 Å². The van der Waals surface area contributed by atoms with Gasteiger partial charge in [0.15, 0.2) is 11.2 Å². The standard InChI is InChI=1S/C21H23N7O5/c1-2-26-12-22-18-17(26)20(32)28(21(33)27(18)10-13-6-4-3-5-7-13)11-16(30)24-25-19(31)14-8-9-15(29)23-14/h3-7,12,14H,2,8-11H2,1H3,(H,23,29)(H,24,30)(H,25,31). The highest BCUT2D eigenvalue weighted by atomic mass is 16.2. The Kier molecular flexibility index (Phi) is 6.07. The van der Waals surface area contributed by atoms with Crippen LogP contribution in [0.4, 0.5) is 0 Å². The number of hydrogen-bond acceptors (Lipinski definition) is 6. The summed E-state index contributed by atoms with van der Waals surface area (Å²) < 4.78 is 3.77. The van der Waals surface area contributed by atoms with Crippen LogP contribution in [0, 0.1) is 0 Å². The van der Waals surface area contributed by atoms with Crippen LogP contribution in [-0.4, -0.2) is 42.4 Å². The topological polar surface area (TPSA) is 149 Å². The van der Waals surface area contributed by atoms with Gasteiger partial charge in [-0.05, 0) is 18.9 Å². The number of carbonyl (C=O) groups is 3. The average molecular weight is 453 g/mol. The van der Waals surface area contributed by atoms with E-state index >= 15 is 0 Å². The number of amides is 3. The van der Waals surface area contributed by atoms with Gasteiger partial charge in [0.2, 0.25) is 5.91 Å². The minimum Gasteiger partial charge on any atom is -0.344 e. The molecular formula is C21H23N7O5. The maximum Gasteiger partial charge on any atom is 0.333 e. The Morgan fingerprint density at radius 2 is 1.88 bits per heavy atom. The van der Waals surface area contributed by atoms with Crippen molar-refractivity contribution in [3.8, 4) is 0 Å². The van der Waals surface area contributed by atoms with E-state index in [0.29, 0.717) is 13.0 Å². The quantitative estimate of drug-likeness (QED) is 0.402. The van der Waals surface area contributed by atoms with Gasteiger partial charge in [-0.2, -0.15) is 0 Å². The number of hydrazine groups is 1. The van der Waals surface area contributed by atoms with Gasteiger partial charge in [0.25, 0.3) is 17.4 Å². The Hall–Kier alpha value is -4.22. The van der Waals surface area contributed by atoms with Crippen LogP contribution in [0.1, 0.15) is 25.3 Å². The second-order valence-electron chi connectivity index (χ2n) is 7.64.